The summed E-state index contributed by atoms with van der Waals surface area (Å²) in [6.07, 6.45) is -2.63. The molecule has 0 spiro atoms. The number of benzene rings is 1. The van der Waals surface area contributed by atoms with Crippen LogP contribution in [0, 0.1) is 0 Å². The van der Waals surface area contributed by atoms with Crippen LogP contribution < -0.4 is 5.32 Å². The van der Waals surface area contributed by atoms with Crippen LogP contribution in [0.2, 0.25) is 0 Å². The monoisotopic (exact) mass is 300 g/mol. The van der Waals surface area contributed by atoms with Crippen LogP contribution in [0.15, 0.2) is 47.8 Å². The molecule has 1 heterocycles. The minimum atomic E-state index is -4.99. The first-order chi connectivity index (χ1) is 9.39. The maximum Gasteiger partial charge on any atom is 0.455 e. The third-order valence-electron chi connectivity index (χ3n) is 2.46. The SMILES string of the molecule is O=C(C(Cl)=CNc1cccc2cccnc12)C(F)(F)F. The van der Waals surface area contributed by atoms with Crippen molar-refractivity contribution in [2.45, 2.75) is 6.18 Å². The molecule has 0 bridgehead atoms. The molecule has 0 aliphatic carbocycles. The van der Waals surface area contributed by atoms with Crippen LogP contribution in [-0.4, -0.2) is 16.9 Å². The lowest BCUT2D eigenvalue weighted by Gasteiger charge is -2.07. The van der Waals surface area contributed by atoms with E-state index in [2.05, 4.69) is 10.3 Å². The summed E-state index contributed by atoms with van der Waals surface area (Å²) in [5.41, 5.74) is 1.02. The lowest BCUT2D eigenvalue weighted by molar-refractivity contribution is -0.165. The second-order valence-electron chi connectivity index (χ2n) is 3.84. The van der Waals surface area contributed by atoms with Crippen molar-refractivity contribution in [3.8, 4) is 0 Å². The lowest BCUT2D eigenvalue weighted by atomic mass is 10.2. The highest BCUT2D eigenvalue weighted by atomic mass is 35.5. The van der Waals surface area contributed by atoms with Gasteiger partial charge in [0.15, 0.2) is 0 Å². The Morgan fingerprint density at radius 3 is 2.65 bits per heavy atom. The Kier molecular flexibility index (Phi) is 3.94. The number of para-hydroxylation sites is 1. The number of nitrogens with zero attached hydrogens (tertiary/aromatic N) is 1. The number of alkyl halides is 3. The van der Waals surface area contributed by atoms with Gasteiger partial charge in [-0.25, -0.2) is 0 Å². The maximum atomic E-state index is 12.2. The Hall–Kier alpha value is -2.08. The molecule has 20 heavy (non-hydrogen) atoms. The van der Waals surface area contributed by atoms with E-state index in [0.29, 0.717) is 11.2 Å². The Labute approximate surface area is 117 Å². The molecule has 3 nitrogen and oxygen atoms in total. The molecule has 0 aliphatic rings. The summed E-state index contributed by atoms with van der Waals surface area (Å²) in [6, 6.07) is 8.68. The van der Waals surface area contributed by atoms with Crippen LogP contribution in [0.4, 0.5) is 18.9 Å². The number of allylic oxidation sites excluding steroid dienone is 1. The Morgan fingerprint density at radius 1 is 1.25 bits per heavy atom. The van der Waals surface area contributed by atoms with E-state index in [1.54, 1.807) is 36.5 Å². The largest absolute Gasteiger partial charge is 0.455 e. The number of fused-ring (bicyclic) bond motifs is 1. The van der Waals surface area contributed by atoms with Crippen molar-refractivity contribution in [1.82, 2.24) is 4.98 Å². The molecule has 0 unspecified atom stereocenters. The first-order valence-electron chi connectivity index (χ1n) is 5.47. The molecule has 0 radical (unpaired) electrons. The van der Waals surface area contributed by atoms with E-state index in [1.165, 1.54) is 0 Å². The van der Waals surface area contributed by atoms with Crippen molar-refractivity contribution in [3.05, 3.63) is 47.8 Å². The van der Waals surface area contributed by atoms with Crippen LogP contribution in [0.1, 0.15) is 0 Å². The Bertz CT molecular complexity index is 677. The van der Waals surface area contributed by atoms with Crippen LogP contribution in [0.5, 0.6) is 0 Å². The molecule has 0 saturated heterocycles. The molecule has 0 saturated carbocycles. The normalized spacial score (nSPS) is 12.5. The van der Waals surface area contributed by atoms with Gasteiger partial charge in [-0.05, 0) is 12.1 Å². The first-order valence-corrected chi connectivity index (χ1v) is 5.85. The van der Waals surface area contributed by atoms with Crippen molar-refractivity contribution in [2.24, 2.45) is 0 Å². The van der Waals surface area contributed by atoms with Crippen LogP contribution in [-0.2, 0) is 4.79 Å². The zero-order chi connectivity index (χ0) is 14.8. The van der Waals surface area contributed by atoms with Gasteiger partial charge in [-0.15, -0.1) is 0 Å². The molecule has 1 aromatic heterocycles. The quantitative estimate of drug-likeness (QED) is 0.875. The summed E-state index contributed by atoms with van der Waals surface area (Å²) in [6.45, 7) is 0. The molecule has 0 fully saturated rings. The summed E-state index contributed by atoms with van der Waals surface area (Å²) in [5, 5.41) is 2.43. The van der Waals surface area contributed by atoms with Gasteiger partial charge in [0.2, 0.25) is 0 Å². The highest BCUT2D eigenvalue weighted by Gasteiger charge is 2.40. The van der Waals surface area contributed by atoms with E-state index < -0.39 is 17.0 Å². The van der Waals surface area contributed by atoms with E-state index in [1.807, 2.05) is 0 Å². The summed E-state index contributed by atoms with van der Waals surface area (Å²) < 4.78 is 36.5. The minimum absolute atomic E-state index is 0.455. The number of Topliss-reactive ketones (excluding diaryl/α,β-unsaturated/α-hetero) is 1. The maximum absolute atomic E-state index is 12.2. The summed E-state index contributed by atoms with van der Waals surface area (Å²) in [5.74, 6) is -2.10. The predicted molar refractivity (Wildman–Crippen MR) is 70.4 cm³/mol. The van der Waals surface area contributed by atoms with Gasteiger partial charge in [0.1, 0.15) is 5.03 Å². The third kappa shape index (κ3) is 3.08. The average Bonchev–Trinajstić information content (AvgIpc) is 2.42. The van der Waals surface area contributed by atoms with E-state index in [9.17, 15) is 18.0 Å². The Balaban J connectivity index is 2.27. The molecular formula is C13H8ClF3N2O. The average molecular weight is 301 g/mol. The number of aromatic nitrogens is 1. The van der Waals surface area contributed by atoms with Crippen molar-refractivity contribution in [3.63, 3.8) is 0 Å². The van der Waals surface area contributed by atoms with Crippen LogP contribution in [0.3, 0.4) is 0 Å². The van der Waals surface area contributed by atoms with Gasteiger partial charge in [0.05, 0.1) is 11.2 Å². The molecule has 0 aliphatic heterocycles. The van der Waals surface area contributed by atoms with Gasteiger partial charge in [-0.2, -0.15) is 13.2 Å². The standard InChI is InChI=1S/C13H8ClF3N2O/c14-9(12(20)13(15,16)17)7-19-10-5-1-3-8-4-2-6-18-11(8)10/h1-7,19H. The first kappa shape index (κ1) is 14.3. The van der Waals surface area contributed by atoms with Gasteiger partial charge >= 0.3 is 6.18 Å². The lowest BCUT2D eigenvalue weighted by Crippen LogP contribution is -2.23. The molecule has 0 amide bonds. The summed E-state index contributed by atoms with van der Waals surface area (Å²) >= 11 is 5.33. The number of pyridine rings is 1. The number of anilines is 1. The molecule has 104 valence electrons. The number of carbonyl (C=O) groups is 1. The smallest absolute Gasteiger partial charge is 0.358 e. The highest BCUT2D eigenvalue weighted by Crippen LogP contribution is 2.24. The molecule has 7 heteroatoms. The number of nitrogens with one attached hydrogen (secondary N) is 1. The van der Waals surface area contributed by atoms with Gasteiger partial charge in [-0.1, -0.05) is 29.8 Å². The second kappa shape index (κ2) is 5.50. The van der Waals surface area contributed by atoms with E-state index >= 15 is 0 Å². The molecule has 1 aromatic carbocycles. The van der Waals surface area contributed by atoms with E-state index in [0.717, 1.165) is 11.6 Å². The molecule has 0 atom stereocenters. The molecule has 2 rings (SSSR count). The number of ketones is 1. The fraction of sp³-hybridized carbons (Fsp3) is 0.0769. The topological polar surface area (TPSA) is 42.0 Å². The van der Waals surface area contributed by atoms with E-state index in [4.69, 9.17) is 11.6 Å². The number of hydrogen-bond acceptors (Lipinski definition) is 3. The zero-order valence-corrected chi connectivity index (χ0v) is 10.7. The van der Waals surface area contributed by atoms with E-state index in [-0.39, 0.29) is 0 Å². The number of halogens is 4. The van der Waals surface area contributed by atoms with Crippen molar-refractivity contribution in [2.75, 3.05) is 5.32 Å². The molecule has 2 aromatic rings. The van der Waals surface area contributed by atoms with Crippen molar-refractivity contribution >= 4 is 34.0 Å². The minimum Gasteiger partial charge on any atom is -0.358 e. The van der Waals surface area contributed by atoms with Gasteiger partial charge < -0.3 is 5.32 Å². The van der Waals surface area contributed by atoms with Gasteiger partial charge in [0, 0.05) is 17.8 Å². The zero-order valence-electron chi connectivity index (χ0n) is 9.91. The Morgan fingerprint density at radius 2 is 1.95 bits per heavy atom. The van der Waals surface area contributed by atoms with Crippen molar-refractivity contribution < 1.29 is 18.0 Å². The third-order valence-corrected chi connectivity index (χ3v) is 2.74. The van der Waals surface area contributed by atoms with Gasteiger partial charge in [0.25, 0.3) is 5.78 Å². The number of hydrogen-bond donors (Lipinski definition) is 1. The van der Waals surface area contributed by atoms with Gasteiger partial charge in [-0.3, -0.25) is 9.78 Å². The number of rotatable bonds is 3. The van der Waals surface area contributed by atoms with Crippen LogP contribution in [0.25, 0.3) is 10.9 Å². The van der Waals surface area contributed by atoms with Crippen LogP contribution >= 0.6 is 11.6 Å². The number of carbonyl (C=O) groups excluding carboxylic acids is 1. The molecular weight excluding hydrogens is 293 g/mol. The predicted octanol–water partition coefficient (Wildman–Crippen LogP) is 3.86. The molecule has 1 N–H and O–H groups in total. The van der Waals surface area contributed by atoms with Crippen molar-refractivity contribution in [1.29, 1.82) is 0 Å². The summed E-state index contributed by atoms with van der Waals surface area (Å²) in [7, 11) is 0. The summed E-state index contributed by atoms with van der Waals surface area (Å²) in [4.78, 5) is 15.0. The fourth-order valence-corrected chi connectivity index (χ4v) is 1.72. The fourth-order valence-electron chi connectivity index (χ4n) is 1.56. The second-order valence-corrected chi connectivity index (χ2v) is 4.25. The highest BCUT2D eigenvalue weighted by molar-refractivity contribution is 6.43.